The van der Waals surface area contributed by atoms with Crippen LogP contribution in [0.1, 0.15) is 44.2 Å². The van der Waals surface area contributed by atoms with Gasteiger partial charge in [-0.05, 0) is 64.0 Å². The van der Waals surface area contributed by atoms with Gasteiger partial charge in [-0.2, -0.15) is 0 Å². The Bertz CT molecular complexity index is 476. The van der Waals surface area contributed by atoms with E-state index >= 15 is 0 Å². The third-order valence-corrected chi connectivity index (χ3v) is 4.90. The third-order valence-electron chi connectivity index (χ3n) is 3.66. The summed E-state index contributed by atoms with van der Waals surface area (Å²) in [7, 11) is 0. The van der Waals surface area contributed by atoms with E-state index in [0.717, 1.165) is 25.1 Å². The van der Waals surface area contributed by atoms with E-state index in [-0.39, 0.29) is 0 Å². The van der Waals surface area contributed by atoms with Crippen molar-refractivity contribution in [3.63, 3.8) is 0 Å². The molecule has 118 valence electrons. The summed E-state index contributed by atoms with van der Waals surface area (Å²) < 4.78 is 0. The van der Waals surface area contributed by atoms with Gasteiger partial charge in [0.25, 0.3) is 0 Å². The molecule has 1 rings (SSSR count). The molecule has 0 aliphatic carbocycles. The quantitative estimate of drug-likeness (QED) is 0.534. The molecule has 1 atom stereocenters. The molecule has 0 fully saturated rings. The van der Waals surface area contributed by atoms with E-state index in [1.807, 2.05) is 18.7 Å². The first-order valence-corrected chi connectivity index (χ1v) is 8.56. The maximum absolute atomic E-state index is 11.4. The minimum absolute atomic E-state index is 0.653. The molecule has 0 aliphatic rings. The first-order chi connectivity index (χ1) is 9.89. The van der Waals surface area contributed by atoms with Crippen molar-refractivity contribution in [1.29, 1.82) is 0 Å². The Hall–Kier alpha value is -1.00. The molecule has 3 nitrogen and oxygen atoms in total. The topological polar surface area (TPSA) is 49.3 Å². The van der Waals surface area contributed by atoms with Gasteiger partial charge in [-0.3, -0.25) is 4.79 Å². The van der Waals surface area contributed by atoms with Gasteiger partial charge in [0, 0.05) is 4.90 Å². The summed E-state index contributed by atoms with van der Waals surface area (Å²) in [6, 6.07) is 6.46. The molecule has 0 heterocycles. The maximum Gasteiger partial charge on any atom is 0.323 e. The number of nitrogens with one attached hydrogen (secondary N) is 1. The lowest BCUT2D eigenvalue weighted by atomic mass is 9.96. The van der Waals surface area contributed by atoms with Crippen LogP contribution in [-0.4, -0.2) is 28.9 Å². The Morgan fingerprint density at radius 2 is 2.10 bits per heavy atom. The van der Waals surface area contributed by atoms with Crippen LogP contribution < -0.4 is 5.32 Å². The van der Waals surface area contributed by atoms with E-state index in [2.05, 4.69) is 37.4 Å². The summed E-state index contributed by atoms with van der Waals surface area (Å²) in [4.78, 5) is 12.7. The summed E-state index contributed by atoms with van der Waals surface area (Å²) in [6.45, 7) is 8.79. The molecule has 4 heteroatoms. The fourth-order valence-electron chi connectivity index (χ4n) is 2.14. The normalized spacial score (nSPS) is 13.9. The molecule has 1 unspecified atom stereocenters. The van der Waals surface area contributed by atoms with Crippen LogP contribution in [0.3, 0.4) is 0 Å². The molecule has 0 aliphatic heterocycles. The van der Waals surface area contributed by atoms with Crippen LogP contribution in [0.15, 0.2) is 23.1 Å². The molecule has 0 saturated carbocycles. The summed E-state index contributed by atoms with van der Waals surface area (Å²) in [5.74, 6) is 0.189. The Labute approximate surface area is 132 Å². The Morgan fingerprint density at radius 1 is 1.38 bits per heavy atom. The average molecular weight is 309 g/mol. The van der Waals surface area contributed by atoms with Gasteiger partial charge in [0.1, 0.15) is 5.54 Å². The number of hydrogen-bond acceptors (Lipinski definition) is 3. The van der Waals surface area contributed by atoms with Crippen molar-refractivity contribution >= 4 is 17.7 Å². The molecular formula is C17H27NO2S. The predicted octanol–water partition coefficient (Wildman–Crippen LogP) is 4.02. The van der Waals surface area contributed by atoms with E-state index in [9.17, 15) is 9.90 Å². The Balaban J connectivity index is 2.47. The molecule has 0 bridgehead atoms. The lowest BCUT2D eigenvalue weighted by Crippen LogP contribution is -2.49. The molecule has 2 N–H and O–H groups in total. The van der Waals surface area contributed by atoms with Crippen molar-refractivity contribution in [3.8, 4) is 0 Å². The number of rotatable bonds is 9. The molecule has 0 radical (unpaired) electrons. The second-order valence-corrected chi connectivity index (χ2v) is 6.92. The van der Waals surface area contributed by atoms with E-state index in [0.29, 0.717) is 6.42 Å². The standard InChI is InChI=1S/C17H27NO2S/c1-5-10-18-17(4,16(19)20)9-6-11-21-15-12-13(2)7-8-14(15)3/h7-8,12,18H,5-6,9-11H2,1-4H3,(H,19,20). The summed E-state index contributed by atoms with van der Waals surface area (Å²) in [5.41, 5.74) is 1.75. The highest BCUT2D eigenvalue weighted by atomic mass is 32.2. The summed E-state index contributed by atoms with van der Waals surface area (Å²) in [5, 5.41) is 12.5. The summed E-state index contributed by atoms with van der Waals surface area (Å²) in [6.07, 6.45) is 2.48. The first kappa shape index (κ1) is 18.1. The van der Waals surface area contributed by atoms with Gasteiger partial charge in [-0.1, -0.05) is 24.6 Å². The first-order valence-electron chi connectivity index (χ1n) is 7.57. The van der Waals surface area contributed by atoms with Crippen molar-refractivity contribution in [2.24, 2.45) is 0 Å². The van der Waals surface area contributed by atoms with E-state index in [1.54, 1.807) is 6.92 Å². The Morgan fingerprint density at radius 3 is 2.71 bits per heavy atom. The van der Waals surface area contributed by atoms with Gasteiger partial charge in [-0.25, -0.2) is 0 Å². The van der Waals surface area contributed by atoms with E-state index < -0.39 is 11.5 Å². The SMILES string of the molecule is CCCNC(C)(CCCSc1cc(C)ccc1C)C(=O)O. The minimum atomic E-state index is -0.807. The second-order valence-electron chi connectivity index (χ2n) is 5.79. The average Bonchev–Trinajstić information content (AvgIpc) is 2.44. The summed E-state index contributed by atoms with van der Waals surface area (Å²) >= 11 is 1.82. The van der Waals surface area contributed by atoms with Crippen LogP contribution in [0.4, 0.5) is 0 Å². The molecule has 1 aromatic carbocycles. The fourth-order valence-corrected chi connectivity index (χ4v) is 3.22. The van der Waals surface area contributed by atoms with Crippen molar-refractivity contribution in [1.82, 2.24) is 5.32 Å². The van der Waals surface area contributed by atoms with Crippen LogP contribution in [-0.2, 0) is 4.79 Å². The number of hydrogen-bond donors (Lipinski definition) is 2. The molecule has 0 spiro atoms. The van der Waals surface area contributed by atoms with Crippen LogP contribution in [0.2, 0.25) is 0 Å². The number of benzene rings is 1. The number of carbonyl (C=O) groups is 1. The second kappa shape index (κ2) is 8.44. The number of aryl methyl sites for hydroxylation is 2. The van der Waals surface area contributed by atoms with Gasteiger partial charge < -0.3 is 10.4 Å². The largest absolute Gasteiger partial charge is 0.480 e. The molecular weight excluding hydrogens is 282 g/mol. The third kappa shape index (κ3) is 5.71. The zero-order chi connectivity index (χ0) is 15.9. The molecule has 0 aromatic heterocycles. The lowest BCUT2D eigenvalue weighted by molar-refractivity contribution is -0.144. The van der Waals surface area contributed by atoms with Crippen molar-refractivity contribution < 1.29 is 9.90 Å². The van der Waals surface area contributed by atoms with Gasteiger partial charge >= 0.3 is 5.97 Å². The molecule has 0 amide bonds. The fraction of sp³-hybridized carbons (Fsp3) is 0.588. The van der Waals surface area contributed by atoms with Crippen LogP contribution in [0, 0.1) is 13.8 Å². The monoisotopic (exact) mass is 309 g/mol. The zero-order valence-corrected chi connectivity index (χ0v) is 14.3. The number of thioether (sulfide) groups is 1. The molecule has 21 heavy (non-hydrogen) atoms. The zero-order valence-electron chi connectivity index (χ0n) is 13.5. The Kier molecular flexibility index (Phi) is 7.26. The predicted molar refractivity (Wildman–Crippen MR) is 90.2 cm³/mol. The highest BCUT2D eigenvalue weighted by Crippen LogP contribution is 2.25. The van der Waals surface area contributed by atoms with E-state index in [1.165, 1.54) is 16.0 Å². The van der Waals surface area contributed by atoms with Crippen LogP contribution >= 0.6 is 11.8 Å². The number of carboxylic acid groups (broad SMARTS) is 1. The number of aliphatic carboxylic acids is 1. The lowest BCUT2D eigenvalue weighted by Gasteiger charge is -2.26. The smallest absolute Gasteiger partial charge is 0.323 e. The van der Waals surface area contributed by atoms with Crippen molar-refractivity contribution in [2.75, 3.05) is 12.3 Å². The van der Waals surface area contributed by atoms with Crippen molar-refractivity contribution in [2.45, 2.75) is 57.4 Å². The molecule has 0 saturated heterocycles. The van der Waals surface area contributed by atoms with Gasteiger partial charge in [0.2, 0.25) is 0 Å². The van der Waals surface area contributed by atoms with Crippen LogP contribution in [0.25, 0.3) is 0 Å². The van der Waals surface area contributed by atoms with Crippen molar-refractivity contribution in [3.05, 3.63) is 29.3 Å². The maximum atomic E-state index is 11.4. The minimum Gasteiger partial charge on any atom is -0.480 e. The number of carboxylic acids is 1. The van der Waals surface area contributed by atoms with Gasteiger partial charge in [0.15, 0.2) is 0 Å². The highest BCUT2D eigenvalue weighted by molar-refractivity contribution is 7.99. The van der Waals surface area contributed by atoms with Gasteiger partial charge in [-0.15, -0.1) is 11.8 Å². The molecule has 1 aromatic rings. The van der Waals surface area contributed by atoms with Gasteiger partial charge in [0.05, 0.1) is 0 Å². The van der Waals surface area contributed by atoms with Crippen LogP contribution in [0.5, 0.6) is 0 Å². The highest BCUT2D eigenvalue weighted by Gasteiger charge is 2.31. The van der Waals surface area contributed by atoms with E-state index in [4.69, 9.17) is 0 Å².